The van der Waals surface area contributed by atoms with Gasteiger partial charge in [0.05, 0.1) is 6.04 Å². The third kappa shape index (κ3) is 6.28. The Bertz CT molecular complexity index is 1270. The molecule has 1 aliphatic heterocycles. The van der Waals surface area contributed by atoms with Crippen LogP contribution in [0.25, 0.3) is 0 Å². The van der Waals surface area contributed by atoms with Crippen molar-refractivity contribution < 1.29 is 18.7 Å². The van der Waals surface area contributed by atoms with Gasteiger partial charge in [0.1, 0.15) is 24.1 Å². The summed E-state index contributed by atoms with van der Waals surface area (Å²) in [6.45, 7) is 1.93. The Morgan fingerprint density at radius 3 is 2.19 bits per heavy atom. The van der Waals surface area contributed by atoms with E-state index in [0.717, 1.165) is 11.1 Å². The fourth-order valence-corrected chi connectivity index (χ4v) is 5.31. The summed E-state index contributed by atoms with van der Waals surface area (Å²) in [7, 11) is 0. The van der Waals surface area contributed by atoms with E-state index in [0.29, 0.717) is 32.0 Å². The highest BCUT2D eigenvalue weighted by Crippen LogP contribution is 2.44. The number of nitrogens with two attached hydrogens (primary N) is 1. The predicted molar refractivity (Wildman–Crippen MR) is 151 cm³/mol. The first-order valence-corrected chi connectivity index (χ1v) is 13.7. The summed E-state index contributed by atoms with van der Waals surface area (Å²) in [5.41, 5.74) is 8.00. The second-order valence-electron chi connectivity index (χ2n) is 9.00. The Kier molecular flexibility index (Phi) is 9.11. The zero-order valence-corrected chi connectivity index (χ0v) is 23.7. The highest BCUT2D eigenvalue weighted by Gasteiger charge is 2.47. The molecule has 37 heavy (non-hydrogen) atoms. The molecule has 1 heterocycles. The molecule has 1 aliphatic rings. The first-order valence-electron chi connectivity index (χ1n) is 11.9. The van der Waals surface area contributed by atoms with Crippen LogP contribution in [-0.4, -0.2) is 28.9 Å². The highest BCUT2D eigenvalue weighted by molar-refractivity contribution is 14.1. The van der Waals surface area contributed by atoms with Crippen molar-refractivity contribution in [2.45, 2.75) is 50.5 Å². The van der Waals surface area contributed by atoms with Gasteiger partial charge in [-0.2, -0.15) is 0 Å². The molecule has 1 unspecified atom stereocenters. The van der Waals surface area contributed by atoms with Gasteiger partial charge in [0.25, 0.3) is 5.91 Å². The standard InChI is InChI=1S/C28H26Cl2FIN2O3/c1-2-3-23(27(33)35)34-25(17-5-9-19(29)10-6-17)26(18-7-11-20(30)12-8-18)37-24(28(34)36)15-16-4-13-22(32)21(31)14-16/h4-14,23-26H,2-3,15H2,1H3,(H2,33,35)/t23?,24-,25+,26-/m0/s1. The van der Waals surface area contributed by atoms with Crippen LogP contribution in [0.1, 0.15) is 48.6 Å². The van der Waals surface area contributed by atoms with E-state index in [4.69, 9.17) is 33.7 Å². The Hall–Kier alpha value is -2.20. The van der Waals surface area contributed by atoms with E-state index >= 15 is 0 Å². The zero-order valence-electron chi connectivity index (χ0n) is 20.0. The summed E-state index contributed by atoms with van der Waals surface area (Å²) < 4.78 is 21.3. The van der Waals surface area contributed by atoms with E-state index in [1.807, 2.05) is 53.8 Å². The van der Waals surface area contributed by atoms with Gasteiger partial charge < -0.3 is 15.4 Å². The van der Waals surface area contributed by atoms with E-state index in [1.54, 1.807) is 41.3 Å². The first kappa shape index (κ1) is 27.8. The quantitative estimate of drug-likeness (QED) is 0.277. The number of benzene rings is 3. The van der Waals surface area contributed by atoms with E-state index in [2.05, 4.69) is 0 Å². The maximum atomic E-state index is 14.3. The van der Waals surface area contributed by atoms with Gasteiger partial charge in [0, 0.05) is 20.0 Å². The lowest BCUT2D eigenvalue weighted by Gasteiger charge is -2.47. The van der Waals surface area contributed by atoms with E-state index in [9.17, 15) is 14.0 Å². The maximum absolute atomic E-state index is 14.3. The van der Waals surface area contributed by atoms with Crippen molar-refractivity contribution in [1.29, 1.82) is 0 Å². The number of carbonyl (C=O) groups is 2. The summed E-state index contributed by atoms with van der Waals surface area (Å²) >= 11 is 14.2. The van der Waals surface area contributed by atoms with Gasteiger partial charge in [-0.25, -0.2) is 4.39 Å². The lowest BCUT2D eigenvalue weighted by Crippen LogP contribution is -2.58. The summed E-state index contributed by atoms with van der Waals surface area (Å²) in [4.78, 5) is 28.3. The van der Waals surface area contributed by atoms with E-state index in [1.165, 1.54) is 6.07 Å². The number of hydrogen-bond donors (Lipinski definition) is 1. The van der Waals surface area contributed by atoms with Crippen LogP contribution < -0.4 is 5.73 Å². The number of amides is 2. The van der Waals surface area contributed by atoms with Gasteiger partial charge in [-0.05, 0) is 82.1 Å². The Morgan fingerprint density at radius 1 is 1.05 bits per heavy atom. The van der Waals surface area contributed by atoms with Crippen LogP contribution in [0.5, 0.6) is 0 Å². The SMILES string of the molecule is CCCC(C(N)=O)N1C(=O)[C@H](Cc2ccc(I)c(F)c2)O[C@@H](c2ccc(Cl)cc2)[C@H]1c1ccc(Cl)cc1. The van der Waals surface area contributed by atoms with Crippen LogP contribution in [-0.2, 0) is 20.7 Å². The number of rotatable bonds is 8. The Labute approximate surface area is 239 Å². The molecule has 4 rings (SSSR count). The number of halogens is 4. The van der Waals surface area contributed by atoms with Crippen molar-refractivity contribution in [2.75, 3.05) is 0 Å². The van der Waals surface area contributed by atoms with Crippen LogP contribution in [0.4, 0.5) is 4.39 Å². The van der Waals surface area contributed by atoms with Gasteiger partial charge in [-0.15, -0.1) is 0 Å². The third-order valence-corrected chi connectivity index (χ3v) is 7.85. The van der Waals surface area contributed by atoms with E-state index in [-0.39, 0.29) is 18.1 Å². The number of hydrogen-bond acceptors (Lipinski definition) is 3. The average Bonchev–Trinajstić information content (AvgIpc) is 2.87. The van der Waals surface area contributed by atoms with Crippen LogP contribution >= 0.6 is 45.8 Å². The number of carbonyl (C=O) groups excluding carboxylic acids is 2. The molecule has 4 atom stereocenters. The molecule has 0 bridgehead atoms. The van der Waals surface area contributed by atoms with Gasteiger partial charge in [0.2, 0.25) is 5.91 Å². The third-order valence-electron chi connectivity index (χ3n) is 6.47. The first-order chi connectivity index (χ1) is 17.7. The smallest absolute Gasteiger partial charge is 0.253 e. The summed E-state index contributed by atoms with van der Waals surface area (Å²) in [5.74, 6) is -1.33. The molecule has 3 aromatic carbocycles. The second kappa shape index (κ2) is 12.1. The van der Waals surface area contributed by atoms with Crippen LogP contribution in [0.3, 0.4) is 0 Å². The lowest BCUT2D eigenvalue weighted by molar-refractivity contribution is -0.181. The van der Waals surface area contributed by atoms with Crippen molar-refractivity contribution in [1.82, 2.24) is 4.90 Å². The van der Waals surface area contributed by atoms with Crippen LogP contribution in [0, 0.1) is 9.39 Å². The molecule has 5 nitrogen and oxygen atoms in total. The number of ether oxygens (including phenoxy) is 1. The van der Waals surface area contributed by atoms with Crippen molar-refractivity contribution in [3.05, 3.63) is 103 Å². The molecule has 0 saturated carbocycles. The molecule has 3 aromatic rings. The monoisotopic (exact) mass is 654 g/mol. The predicted octanol–water partition coefficient (Wildman–Crippen LogP) is 6.64. The molecule has 1 saturated heterocycles. The van der Waals surface area contributed by atoms with Crippen molar-refractivity contribution in [2.24, 2.45) is 5.73 Å². The Balaban J connectivity index is 1.85. The number of nitrogens with zero attached hydrogens (tertiary/aromatic N) is 1. The van der Waals surface area contributed by atoms with Crippen molar-refractivity contribution in [3.8, 4) is 0 Å². The molecule has 2 amide bonds. The Morgan fingerprint density at radius 2 is 1.65 bits per heavy atom. The molecular weight excluding hydrogens is 629 g/mol. The van der Waals surface area contributed by atoms with Gasteiger partial charge in [-0.3, -0.25) is 9.59 Å². The highest BCUT2D eigenvalue weighted by atomic mass is 127. The van der Waals surface area contributed by atoms with Gasteiger partial charge in [-0.1, -0.05) is 66.9 Å². The summed E-state index contributed by atoms with van der Waals surface area (Å²) in [5, 5.41) is 1.10. The van der Waals surface area contributed by atoms with Crippen molar-refractivity contribution >= 4 is 57.6 Å². The molecular formula is C28H26Cl2FIN2O3. The minimum Gasteiger partial charge on any atom is -0.368 e. The molecule has 194 valence electrons. The van der Waals surface area contributed by atoms with Crippen LogP contribution in [0.15, 0.2) is 66.7 Å². The van der Waals surface area contributed by atoms with Crippen LogP contribution in [0.2, 0.25) is 10.0 Å². The molecule has 1 fully saturated rings. The summed E-state index contributed by atoms with van der Waals surface area (Å²) in [6.07, 6.45) is -0.429. The molecule has 9 heteroatoms. The van der Waals surface area contributed by atoms with E-state index < -0.39 is 30.2 Å². The molecule has 0 radical (unpaired) electrons. The van der Waals surface area contributed by atoms with Crippen molar-refractivity contribution in [3.63, 3.8) is 0 Å². The minimum absolute atomic E-state index is 0.137. The zero-order chi connectivity index (χ0) is 26.7. The lowest BCUT2D eigenvalue weighted by atomic mass is 9.88. The maximum Gasteiger partial charge on any atom is 0.253 e. The fraction of sp³-hybridized carbons (Fsp3) is 0.286. The fourth-order valence-electron chi connectivity index (χ4n) is 4.72. The number of primary amides is 1. The second-order valence-corrected chi connectivity index (χ2v) is 11.0. The minimum atomic E-state index is -0.956. The number of morpholine rings is 1. The largest absolute Gasteiger partial charge is 0.368 e. The molecule has 0 spiro atoms. The topological polar surface area (TPSA) is 72.6 Å². The van der Waals surface area contributed by atoms with Gasteiger partial charge >= 0.3 is 0 Å². The molecule has 2 N–H and O–H groups in total. The molecule has 0 aromatic heterocycles. The average molecular weight is 655 g/mol. The van der Waals surface area contributed by atoms with Gasteiger partial charge in [0.15, 0.2) is 0 Å². The normalized spacial score (nSPS) is 20.6. The summed E-state index contributed by atoms with van der Waals surface area (Å²) in [6, 6.07) is 17.6. The molecule has 0 aliphatic carbocycles.